The maximum absolute atomic E-state index is 11.5. The van der Waals surface area contributed by atoms with Crippen molar-refractivity contribution >= 4 is 27.4 Å². The number of sulfonamides is 1. The number of anilines is 2. The highest BCUT2D eigenvalue weighted by Gasteiger charge is 2.14. The first-order valence-electron chi connectivity index (χ1n) is 5.51. The van der Waals surface area contributed by atoms with Crippen molar-refractivity contribution in [1.82, 2.24) is 4.31 Å². The van der Waals surface area contributed by atoms with Gasteiger partial charge >= 0.3 is 5.97 Å². The van der Waals surface area contributed by atoms with Crippen LogP contribution in [0.3, 0.4) is 0 Å². The Hall–Kier alpha value is -1.80. The molecule has 0 aliphatic rings. The quantitative estimate of drug-likeness (QED) is 0.647. The van der Waals surface area contributed by atoms with Crippen LogP contribution in [0.25, 0.3) is 0 Å². The highest BCUT2D eigenvalue weighted by Crippen LogP contribution is 2.22. The number of nitrogens with two attached hydrogens (primary N) is 1. The van der Waals surface area contributed by atoms with Crippen molar-refractivity contribution in [2.24, 2.45) is 0 Å². The minimum atomic E-state index is -3.29. The summed E-state index contributed by atoms with van der Waals surface area (Å²) >= 11 is 0. The van der Waals surface area contributed by atoms with Crippen molar-refractivity contribution in [1.29, 1.82) is 0 Å². The zero-order valence-electron chi connectivity index (χ0n) is 10.8. The Morgan fingerprint density at radius 2 is 2.05 bits per heavy atom. The molecule has 0 aromatic heterocycles. The van der Waals surface area contributed by atoms with Crippen LogP contribution in [-0.2, 0) is 10.0 Å². The van der Waals surface area contributed by atoms with Crippen LogP contribution in [0, 0.1) is 0 Å². The molecule has 1 aromatic carbocycles. The van der Waals surface area contributed by atoms with E-state index < -0.39 is 16.0 Å². The molecule has 0 fully saturated rings. The SMILES string of the molecule is CN(C)S(=O)(=O)CCNc1cccc(C(=O)O)c1N. The third kappa shape index (κ3) is 3.83. The highest BCUT2D eigenvalue weighted by atomic mass is 32.2. The summed E-state index contributed by atoms with van der Waals surface area (Å²) in [5, 5.41) is 11.7. The van der Waals surface area contributed by atoms with Crippen LogP contribution >= 0.6 is 0 Å². The van der Waals surface area contributed by atoms with Crippen molar-refractivity contribution in [3.05, 3.63) is 23.8 Å². The monoisotopic (exact) mass is 287 g/mol. The number of hydrogen-bond donors (Lipinski definition) is 3. The predicted octanol–water partition coefficient (Wildman–Crippen LogP) is 0.270. The van der Waals surface area contributed by atoms with E-state index in [2.05, 4.69) is 5.32 Å². The third-order valence-corrected chi connectivity index (χ3v) is 4.40. The Balaban J connectivity index is 2.75. The number of benzene rings is 1. The van der Waals surface area contributed by atoms with E-state index in [0.29, 0.717) is 5.69 Å². The summed E-state index contributed by atoms with van der Waals surface area (Å²) in [4.78, 5) is 10.9. The van der Waals surface area contributed by atoms with Crippen molar-refractivity contribution in [2.75, 3.05) is 37.4 Å². The van der Waals surface area contributed by atoms with Gasteiger partial charge in [0, 0.05) is 20.6 Å². The van der Waals surface area contributed by atoms with Crippen LogP contribution in [0.5, 0.6) is 0 Å². The summed E-state index contributed by atoms with van der Waals surface area (Å²) in [6, 6.07) is 4.53. The molecule has 7 nitrogen and oxygen atoms in total. The molecule has 19 heavy (non-hydrogen) atoms. The van der Waals surface area contributed by atoms with Crippen molar-refractivity contribution < 1.29 is 18.3 Å². The number of nitrogens with one attached hydrogen (secondary N) is 1. The van der Waals surface area contributed by atoms with Gasteiger partial charge in [-0.05, 0) is 12.1 Å². The van der Waals surface area contributed by atoms with Crippen molar-refractivity contribution in [3.63, 3.8) is 0 Å². The van der Waals surface area contributed by atoms with Gasteiger partial charge in [-0.2, -0.15) is 0 Å². The minimum Gasteiger partial charge on any atom is -0.478 e. The van der Waals surface area contributed by atoms with Gasteiger partial charge in [0.2, 0.25) is 10.0 Å². The van der Waals surface area contributed by atoms with Crippen molar-refractivity contribution in [2.45, 2.75) is 0 Å². The standard InChI is InChI=1S/C11H17N3O4S/c1-14(2)19(17,18)7-6-13-9-5-3-4-8(10(9)12)11(15)16/h3-5,13H,6-7,12H2,1-2H3,(H,15,16). The van der Waals surface area contributed by atoms with Gasteiger partial charge in [-0.25, -0.2) is 17.5 Å². The molecular weight excluding hydrogens is 270 g/mol. The predicted molar refractivity (Wildman–Crippen MR) is 73.8 cm³/mol. The lowest BCUT2D eigenvalue weighted by atomic mass is 10.1. The normalized spacial score (nSPS) is 11.5. The highest BCUT2D eigenvalue weighted by molar-refractivity contribution is 7.89. The van der Waals surface area contributed by atoms with Gasteiger partial charge in [0.15, 0.2) is 0 Å². The Labute approximate surface area is 112 Å². The van der Waals surface area contributed by atoms with Gasteiger partial charge in [0.05, 0.1) is 22.7 Å². The van der Waals surface area contributed by atoms with E-state index in [4.69, 9.17) is 10.8 Å². The number of aromatic carboxylic acids is 1. The molecule has 8 heteroatoms. The second-order valence-corrected chi connectivity index (χ2v) is 6.40. The molecule has 0 saturated heterocycles. The van der Waals surface area contributed by atoms with Gasteiger partial charge in [0.1, 0.15) is 0 Å². The molecule has 0 amide bonds. The van der Waals surface area contributed by atoms with E-state index in [-0.39, 0.29) is 23.5 Å². The van der Waals surface area contributed by atoms with Crippen molar-refractivity contribution in [3.8, 4) is 0 Å². The molecule has 106 valence electrons. The molecule has 1 aromatic rings. The second-order valence-electron chi connectivity index (χ2n) is 4.10. The molecule has 4 N–H and O–H groups in total. The number of carbonyl (C=O) groups is 1. The fraction of sp³-hybridized carbons (Fsp3) is 0.364. The molecule has 0 heterocycles. The lowest BCUT2D eigenvalue weighted by molar-refractivity contribution is 0.0698. The van der Waals surface area contributed by atoms with E-state index in [9.17, 15) is 13.2 Å². The molecule has 0 saturated carbocycles. The van der Waals surface area contributed by atoms with Crippen LogP contribution in [0.2, 0.25) is 0 Å². The number of para-hydroxylation sites is 1. The average Bonchev–Trinajstić information content (AvgIpc) is 2.30. The van der Waals surface area contributed by atoms with Gasteiger partial charge < -0.3 is 16.2 Å². The summed E-state index contributed by atoms with van der Waals surface area (Å²) in [6.45, 7) is 0.147. The van der Waals surface area contributed by atoms with E-state index in [1.807, 2.05) is 0 Å². The Kier molecular flexibility index (Phi) is 4.73. The van der Waals surface area contributed by atoms with E-state index in [0.717, 1.165) is 4.31 Å². The summed E-state index contributed by atoms with van der Waals surface area (Å²) in [7, 11) is -0.388. The molecule has 0 bridgehead atoms. The second kappa shape index (κ2) is 5.89. The Bertz CT molecular complexity index is 569. The first kappa shape index (κ1) is 15.3. The Morgan fingerprint density at radius 1 is 1.42 bits per heavy atom. The molecule has 1 rings (SSSR count). The van der Waals surface area contributed by atoms with Crippen LogP contribution in [0.15, 0.2) is 18.2 Å². The fourth-order valence-corrected chi connectivity index (χ4v) is 2.13. The van der Waals surface area contributed by atoms with Gasteiger partial charge in [0.25, 0.3) is 0 Å². The molecule has 0 atom stereocenters. The molecule has 0 radical (unpaired) electrons. The molecule has 0 aliphatic carbocycles. The van der Waals surface area contributed by atoms with E-state index in [1.165, 1.54) is 20.2 Å². The van der Waals surface area contributed by atoms with E-state index in [1.54, 1.807) is 12.1 Å². The number of nitrogens with zero attached hydrogens (tertiary/aromatic N) is 1. The number of nitrogen functional groups attached to an aromatic ring is 1. The summed E-state index contributed by atoms with van der Waals surface area (Å²) in [5.74, 6) is -1.22. The number of rotatable bonds is 6. The van der Waals surface area contributed by atoms with Crippen LogP contribution in [-0.4, -0.2) is 50.2 Å². The van der Waals surface area contributed by atoms with Crippen LogP contribution in [0.1, 0.15) is 10.4 Å². The van der Waals surface area contributed by atoms with Crippen LogP contribution < -0.4 is 11.1 Å². The maximum Gasteiger partial charge on any atom is 0.337 e. The van der Waals surface area contributed by atoms with E-state index >= 15 is 0 Å². The molecular formula is C11H17N3O4S. The van der Waals surface area contributed by atoms with Crippen LogP contribution in [0.4, 0.5) is 11.4 Å². The topological polar surface area (TPSA) is 113 Å². The minimum absolute atomic E-state index is 0.0135. The number of carboxylic acid groups (broad SMARTS) is 1. The first-order chi connectivity index (χ1) is 8.75. The maximum atomic E-state index is 11.5. The molecule has 0 aliphatic heterocycles. The average molecular weight is 287 g/mol. The summed E-state index contributed by atoms with van der Waals surface area (Å²) in [5.41, 5.74) is 6.18. The van der Waals surface area contributed by atoms with Gasteiger partial charge in [-0.1, -0.05) is 6.07 Å². The number of carboxylic acids is 1. The lowest BCUT2D eigenvalue weighted by Gasteiger charge is -2.13. The molecule has 0 spiro atoms. The first-order valence-corrected chi connectivity index (χ1v) is 7.12. The number of hydrogen-bond acceptors (Lipinski definition) is 5. The lowest BCUT2D eigenvalue weighted by Crippen LogP contribution is -2.28. The fourth-order valence-electron chi connectivity index (χ4n) is 1.40. The van der Waals surface area contributed by atoms with Gasteiger partial charge in [-0.3, -0.25) is 0 Å². The van der Waals surface area contributed by atoms with Gasteiger partial charge in [-0.15, -0.1) is 0 Å². The third-order valence-electron chi connectivity index (χ3n) is 2.57. The summed E-state index contributed by atoms with van der Waals surface area (Å²) < 4.78 is 24.2. The summed E-state index contributed by atoms with van der Waals surface area (Å²) in [6.07, 6.45) is 0. The zero-order valence-corrected chi connectivity index (χ0v) is 11.6. The Morgan fingerprint density at radius 3 is 2.58 bits per heavy atom. The molecule has 0 unspecified atom stereocenters. The smallest absolute Gasteiger partial charge is 0.337 e. The largest absolute Gasteiger partial charge is 0.478 e. The zero-order chi connectivity index (χ0) is 14.6.